The van der Waals surface area contributed by atoms with Gasteiger partial charge in [0.1, 0.15) is 11.6 Å². The number of aliphatic hydroxyl groups excluding tert-OH is 1. The van der Waals surface area contributed by atoms with Gasteiger partial charge in [0.2, 0.25) is 5.95 Å². The molecule has 1 fully saturated rings. The fourth-order valence-electron chi connectivity index (χ4n) is 5.04. The molecule has 3 aromatic rings. The second-order valence-corrected chi connectivity index (χ2v) is 9.19. The molecule has 2 aromatic carbocycles. The van der Waals surface area contributed by atoms with Crippen LogP contribution in [0.15, 0.2) is 60.8 Å². The minimum Gasteiger partial charge on any atom is -0.497 e. The van der Waals surface area contributed by atoms with Gasteiger partial charge >= 0.3 is 6.03 Å². The van der Waals surface area contributed by atoms with Gasteiger partial charge < -0.3 is 15.2 Å². The summed E-state index contributed by atoms with van der Waals surface area (Å²) in [6.07, 6.45) is 5.39. The minimum absolute atomic E-state index is 0.140. The number of amides is 2. The highest BCUT2D eigenvalue weighted by atomic mass is 16.5. The van der Waals surface area contributed by atoms with Crippen LogP contribution in [0.25, 0.3) is 0 Å². The maximum absolute atomic E-state index is 14.1. The lowest BCUT2D eigenvalue weighted by Gasteiger charge is -2.43. The molecule has 0 saturated heterocycles. The molecule has 0 radical (unpaired) electrons. The van der Waals surface area contributed by atoms with Crippen molar-refractivity contribution in [2.45, 2.75) is 57.2 Å². The fraction of sp³-hybridized carbons (Fsp3) is 0.370. The number of nitrogens with one attached hydrogen (secondary N) is 1. The van der Waals surface area contributed by atoms with Crippen LogP contribution in [-0.2, 0) is 0 Å². The number of aromatic nitrogens is 2. The van der Waals surface area contributed by atoms with Crippen molar-refractivity contribution in [3.05, 3.63) is 66.4 Å². The maximum atomic E-state index is 14.1. The van der Waals surface area contributed by atoms with Crippen LogP contribution in [0.2, 0.25) is 0 Å². The summed E-state index contributed by atoms with van der Waals surface area (Å²) in [5.41, 5.74) is 2.52. The first kappa shape index (κ1) is 23.1. The summed E-state index contributed by atoms with van der Waals surface area (Å²) in [4.78, 5) is 27.1. The number of hydrogen-bond donors (Lipinski definition) is 2. The highest BCUT2D eigenvalue weighted by Gasteiger charge is 2.42. The van der Waals surface area contributed by atoms with Crippen molar-refractivity contribution in [2.24, 2.45) is 0 Å². The number of nitrogens with zero attached hydrogens (tertiary/aromatic N) is 4. The van der Waals surface area contributed by atoms with Gasteiger partial charge in [-0.2, -0.15) is 4.98 Å². The Kier molecular flexibility index (Phi) is 6.55. The van der Waals surface area contributed by atoms with Gasteiger partial charge in [-0.15, -0.1) is 0 Å². The number of aliphatic hydroxyl groups is 1. The minimum atomic E-state index is -0.434. The molecule has 0 spiro atoms. The van der Waals surface area contributed by atoms with Gasteiger partial charge in [0.15, 0.2) is 0 Å². The Morgan fingerprint density at radius 2 is 1.77 bits per heavy atom. The number of methoxy groups -OCH3 is 1. The Hall–Kier alpha value is -3.65. The zero-order valence-electron chi connectivity index (χ0n) is 20.1. The molecule has 0 unspecified atom stereocenters. The van der Waals surface area contributed by atoms with Gasteiger partial charge in [0.25, 0.3) is 0 Å². The number of urea groups is 1. The van der Waals surface area contributed by atoms with Crippen LogP contribution in [-0.4, -0.2) is 40.4 Å². The normalized spacial score (nSPS) is 22.4. The first-order valence-electron chi connectivity index (χ1n) is 12.2. The van der Waals surface area contributed by atoms with Crippen molar-refractivity contribution in [1.29, 1.82) is 0 Å². The Morgan fingerprint density at radius 3 is 2.51 bits per heavy atom. The van der Waals surface area contributed by atoms with Gasteiger partial charge in [-0.1, -0.05) is 31.0 Å². The number of benzene rings is 2. The van der Waals surface area contributed by atoms with E-state index in [9.17, 15) is 9.90 Å². The van der Waals surface area contributed by atoms with Crippen LogP contribution in [0, 0.1) is 0 Å². The van der Waals surface area contributed by atoms with E-state index < -0.39 is 6.10 Å². The quantitative estimate of drug-likeness (QED) is 0.480. The molecule has 1 saturated carbocycles. The van der Waals surface area contributed by atoms with Crippen molar-refractivity contribution in [1.82, 2.24) is 9.97 Å². The maximum Gasteiger partial charge on any atom is 0.330 e. The molecular formula is C27H31N5O3. The smallest absolute Gasteiger partial charge is 0.330 e. The van der Waals surface area contributed by atoms with Crippen LogP contribution < -0.4 is 19.9 Å². The second-order valence-electron chi connectivity index (χ2n) is 9.19. The number of anilines is 4. The number of para-hydroxylation sites is 1. The number of hydrogen-bond acceptors (Lipinski definition) is 6. The zero-order valence-corrected chi connectivity index (χ0v) is 20.1. The monoisotopic (exact) mass is 473 g/mol. The number of carbonyl (C=O) groups is 1. The first-order chi connectivity index (χ1) is 17.0. The van der Waals surface area contributed by atoms with E-state index in [4.69, 9.17) is 9.72 Å². The Balaban J connectivity index is 1.57. The van der Waals surface area contributed by atoms with Gasteiger partial charge in [-0.05, 0) is 62.6 Å². The molecule has 1 aromatic heterocycles. The Morgan fingerprint density at radius 1 is 1.03 bits per heavy atom. The number of ether oxygens (including phenoxy) is 1. The van der Waals surface area contributed by atoms with Gasteiger partial charge in [-0.25, -0.2) is 9.78 Å². The summed E-state index contributed by atoms with van der Waals surface area (Å²) in [5.74, 6) is 1.78. The standard InChI is InChI=1S/C27H31N5O3/c1-18-24-17-28-26(29-19-8-4-3-5-9-19)30-25(24)32(21-10-6-7-11-22(33)16-21)27(34)31(18)20-12-14-23(35-2)15-13-20/h3-5,8-9,12-15,17-18,21-22,33H,6-7,10-11,16H2,1-2H3,(H,28,29,30)/t18-,21+,22+/m0/s1. The lowest BCUT2D eigenvalue weighted by Crippen LogP contribution is -2.54. The molecule has 2 amide bonds. The van der Waals surface area contributed by atoms with Gasteiger partial charge in [-0.3, -0.25) is 9.80 Å². The second kappa shape index (κ2) is 9.92. The average molecular weight is 474 g/mol. The number of rotatable bonds is 5. The van der Waals surface area contributed by atoms with Crippen molar-refractivity contribution in [2.75, 3.05) is 22.2 Å². The predicted molar refractivity (Wildman–Crippen MR) is 136 cm³/mol. The molecule has 3 atom stereocenters. The van der Waals surface area contributed by atoms with E-state index in [0.717, 1.165) is 48.4 Å². The summed E-state index contributed by atoms with van der Waals surface area (Å²) in [5, 5.41) is 13.8. The third-order valence-electron chi connectivity index (χ3n) is 6.89. The van der Waals surface area contributed by atoms with E-state index in [2.05, 4.69) is 10.3 Å². The molecule has 8 heteroatoms. The number of carbonyl (C=O) groups excluding carboxylic acids is 1. The van der Waals surface area contributed by atoms with Crippen LogP contribution in [0.4, 0.5) is 27.9 Å². The van der Waals surface area contributed by atoms with Gasteiger partial charge in [0, 0.05) is 29.2 Å². The molecule has 2 N–H and O–H groups in total. The van der Waals surface area contributed by atoms with Crippen molar-refractivity contribution in [3.8, 4) is 5.75 Å². The molecular weight excluding hydrogens is 442 g/mol. The molecule has 35 heavy (non-hydrogen) atoms. The lowest BCUT2D eigenvalue weighted by atomic mass is 10.0. The molecule has 2 heterocycles. The van der Waals surface area contributed by atoms with E-state index in [1.54, 1.807) is 23.1 Å². The molecule has 1 aliphatic heterocycles. The Bertz CT molecular complexity index is 1170. The summed E-state index contributed by atoms with van der Waals surface area (Å²) >= 11 is 0. The third-order valence-corrected chi connectivity index (χ3v) is 6.89. The molecule has 5 rings (SSSR count). The average Bonchev–Trinajstić information content (AvgIpc) is 3.09. The van der Waals surface area contributed by atoms with Crippen LogP contribution in [0.1, 0.15) is 50.6 Å². The first-order valence-corrected chi connectivity index (χ1v) is 12.2. The largest absolute Gasteiger partial charge is 0.497 e. The molecule has 2 aliphatic rings. The van der Waals surface area contributed by atoms with Crippen LogP contribution in [0.5, 0.6) is 5.75 Å². The van der Waals surface area contributed by atoms with Crippen molar-refractivity contribution < 1.29 is 14.6 Å². The SMILES string of the molecule is COc1ccc(N2C(=O)N([C@@H]3CCCC[C@@H](O)C3)c3nc(Nc4ccccc4)ncc3[C@@H]2C)cc1. The summed E-state index contributed by atoms with van der Waals surface area (Å²) in [6.45, 7) is 1.99. The topological polar surface area (TPSA) is 90.8 Å². The molecule has 8 nitrogen and oxygen atoms in total. The van der Waals surface area contributed by atoms with E-state index in [0.29, 0.717) is 18.2 Å². The van der Waals surface area contributed by atoms with Crippen LogP contribution in [0.3, 0.4) is 0 Å². The Labute approximate surface area is 205 Å². The summed E-state index contributed by atoms with van der Waals surface area (Å²) in [6, 6.07) is 16.7. The van der Waals surface area contributed by atoms with E-state index in [-0.39, 0.29) is 18.1 Å². The molecule has 0 bridgehead atoms. The zero-order chi connectivity index (χ0) is 24.4. The van der Waals surface area contributed by atoms with Gasteiger partial charge in [0.05, 0.1) is 19.3 Å². The third kappa shape index (κ3) is 4.66. The summed E-state index contributed by atoms with van der Waals surface area (Å²) < 4.78 is 5.30. The highest BCUT2D eigenvalue weighted by Crippen LogP contribution is 2.41. The van der Waals surface area contributed by atoms with E-state index >= 15 is 0 Å². The number of fused-ring (bicyclic) bond motifs is 1. The lowest BCUT2D eigenvalue weighted by molar-refractivity contribution is 0.151. The summed E-state index contributed by atoms with van der Waals surface area (Å²) in [7, 11) is 1.62. The van der Waals surface area contributed by atoms with Crippen LogP contribution >= 0.6 is 0 Å². The molecule has 182 valence electrons. The highest BCUT2D eigenvalue weighted by molar-refractivity contribution is 6.06. The molecule has 1 aliphatic carbocycles. The van der Waals surface area contributed by atoms with E-state index in [1.165, 1.54) is 0 Å². The predicted octanol–water partition coefficient (Wildman–Crippen LogP) is 5.43. The fourth-order valence-corrected chi connectivity index (χ4v) is 5.04. The van der Waals surface area contributed by atoms with Crippen molar-refractivity contribution >= 4 is 29.2 Å². The van der Waals surface area contributed by atoms with Crippen molar-refractivity contribution in [3.63, 3.8) is 0 Å². The van der Waals surface area contributed by atoms with E-state index in [1.807, 2.05) is 61.5 Å².